The molecular formula is C10H21NO5Si. The molecular weight excluding hydrogens is 242 g/mol. The second-order valence-corrected chi connectivity index (χ2v) is 5.13. The summed E-state index contributed by atoms with van der Waals surface area (Å²) in [4.78, 5) is 13.3. The van der Waals surface area contributed by atoms with Crippen LogP contribution in [0.5, 0.6) is 0 Å². The van der Waals surface area contributed by atoms with Crippen molar-refractivity contribution < 1.29 is 22.5 Å². The van der Waals surface area contributed by atoms with Gasteiger partial charge in [-0.25, -0.2) is 9.79 Å². The van der Waals surface area contributed by atoms with Gasteiger partial charge in [0.1, 0.15) is 0 Å². The summed E-state index contributed by atoms with van der Waals surface area (Å²) in [6.45, 7) is 7.77. The van der Waals surface area contributed by atoms with Crippen LogP contribution in [0.1, 0.15) is 27.2 Å². The molecule has 0 bridgehead atoms. The summed E-state index contributed by atoms with van der Waals surface area (Å²) < 4.78 is 22.0. The molecule has 0 fully saturated rings. The number of hydrogen-bond donors (Lipinski definition) is 0. The second-order valence-electron chi connectivity index (χ2n) is 2.97. The Bertz CT molecular complexity index is 216. The van der Waals surface area contributed by atoms with Crippen LogP contribution >= 0.6 is 0 Å². The molecule has 0 aromatic heterocycles. The minimum Gasteiger partial charge on any atom is -0.351 e. The Kier molecular flexibility index (Phi) is 10.2. The van der Waals surface area contributed by atoms with Gasteiger partial charge in [-0.2, -0.15) is 0 Å². The highest BCUT2D eigenvalue weighted by molar-refractivity contribution is 6.53. The summed E-state index contributed by atoms with van der Waals surface area (Å²) in [6, 6.07) is 0. The Balaban J connectivity index is 4.17. The summed E-state index contributed by atoms with van der Waals surface area (Å²) in [6.07, 6.45) is 2.09. The molecule has 0 aliphatic rings. The van der Waals surface area contributed by atoms with Gasteiger partial charge in [-0.3, -0.25) is 0 Å². The third-order valence-electron chi connectivity index (χ3n) is 1.72. The fourth-order valence-electron chi connectivity index (χ4n) is 1.17. The fraction of sp³-hybridized carbons (Fsp3) is 0.900. The normalized spacial score (nSPS) is 11.2. The average molecular weight is 263 g/mol. The molecule has 0 unspecified atom stereocenters. The van der Waals surface area contributed by atoms with E-state index >= 15 is 0 Å². The standard InChI is InChI=1S/C10H21NO5Si/c1-4-13-17(14-5-2,15-6-3)16-9-7-8-11-10-12/h4-9H2,1-3H3. The summed E-state index contributed by atoms with van der Waals surface area (Å²) in [5, 5.41) is 0. The highest BCUT2D eigenvalue weighted by Crippen LogP contribution is 2.12. The average Bonchev–Trinajstić information content (AvgIpc) is 2.30. The third-order valence-corrected chi connectivity index (χ3v) is 4.21. The highest BCUT2D eigenvalue weighted by Gasteiger charge is 2.44. The van der Waals surface area contributed by atoms with Crippen molar-refractivity contribution in [3.8, 4) is 0 Å². The minimum atomic E-state index is -3.00. The van der Waals surface area contributed by atoms with Gasteiger partial charge >= 0.3 is 9.05 Å². The van der Waals surface area contributed by atoms with Crippen molar-refractivity contribution in [2.75, 3.05) is 33.0 Å². The first-order chi connectivity index (χ1) is 8.24. The summed E-state index contributed by atoms with van der Waals surface area (Å²) >= 11 is 0. The first-order valence-corrected chi connectivity index (χ1v) is 7.47. The molecule has 17 heavy (non-hydrogen) atoms. The van der Waals surface area contributed by atoms with Gasteiger partial charge in [-0.15, -0.1) is 0 Å². The van der Waals surface area contributed by atoms with Crippen molar-refractivity contribution >= 4 is 15.1 Å². The molecule has 0 aromatic rings. The lowest BCUT2D eigenvalue weighted by Crippen LogP contribution is -2.49. The van der Waals surface area contributed by atoms with Crippen LogP contribution in [0.25, 0.3) is 0 Å². The maximum Gasteiger partial charge on any atom is 0.679 e. The van der Waals surface area contributed by atoms with E-state index in [4.69, 9.17) is 17.7 Å². The molecule has 0 aliphatic heterocycles. The number of hydrogen-bond acceptors (Lipinski definition) is 6. The minimum absolute atomic E-state index is 0.386. The molecule has 0 aromatic carbocycles. The van der Waals surface area contributed by atoms with Crippen LogP contribution in [0, 0.1) is 0 Å². The van der Waals surface area contributed by atoms with Crippen LogP contribution in [-0.4, -0.2) is 48.1 Å². The van der Waals surface area contributed by atoms with Gasteiger partial charge in [-0.1, -0.05) is 0 Å². The topological polar surface area (TPSA) is 66.3 Å². The first-order valence-electron chi connectivity index (χ1n) is 5.84. The summed E-state index contributed by atoms with van der Waals surface area (Å²) in [7, 11) is -3.00. The van der Waals surface area contributed by atoms with Crippen molar-refractivity contribution in [1.29, 1.82) is 0 Å². The van der Waals surface area contributed by atoms with Crippen LogP contribution in [0.15, 0.2) is 4.99 Å². The van der Waals surface area contributed by atoms with Crippen molar-refractivity contribution in [2.24, 2.45) is 4.99 Å². The Hall–Kier alpha value is -0.563. The highest BCUT2D eigenvalue weighted by atomic mass is 28.4. The number of nitrogens with zero attached hydrogens (tertiary/aromatic N) is 1. The van der Waals surface area contributed by atoms with E-state index in [0.717, 1.165) is 0 Å². The van der Waals surface area contributed by atoms with E-state index in [1.165, 1.54) is 6.08 Å². The molecule has 0 spiro atoms. The zero-order valence-corrected chi connectivity index (χ0v) is 11.7. The Morgan fingerprint density at radius 3 is 1.94 bits per heavy atom. The third kappa shape index (κ3) is 7.38. The van der Waals surface area contributed by atoms with Crippen LogP contribution in [0.4, 0.5) is 0 Å². The molecule has 0 N–H and O–H groups in total. The zero-order valence-electron chi connectivity index (χ0n) is 10.7. The van der Waals surface area contributed by atoms with Gasteiger partial charge in [-0.05, 0) is 27.2 Å². The Morgan fingerprint density at radius 1 is 1.00 bits per heavy atom. The number of isocyanates is 1. The molecule has 0 amide bonds. The van der Waals surface area contributed by atoms with Gasteiger partial charge < -0.3 is 17.7 Å². The van der Waals surface area contributed by atoms with E-state index in [9.17, 15) is 4.79 Å². The van der Waals surface area contributed by atoms with E-state index in [1.807, 2.05) is 20.8 Å². The van der Waals surface area contributed by atoms with Crippen LogP contribution in [-0.2, 0) is 22.5 Å². The smallest absolute Gasteiger partial charge is 0.351 e. The van der Waals surface area contributed by atoms with Gasteiger partial charge in [0.05, 0.1) is 6.54 Å². The van der Waals surface area contributed by atoms with E-state index in [1.54, 1.807) is 0 Å². The van der Waals surface area contributed by atoms with Gasteiger partial charge in [0.15, 0.2) is 0 Å². The molecule has 0 aliphatic carbocycles. The number of aliphatic imine (C=N–C) groups is 1. The lowest BCUT2D eigenvalue weighted by molar-refractivity contribution is -0.0275. The molecule has 6 nitrogen and oxygen atoms in total. The van der Waals surface area contributed by atoms with Crippen molar-refractivity contribution in [3.63, 3.8) is 0 Å². The monoisotopic (exact) mass is 263 g/mol. The van der Waals surface area contributed by atoms with E-state index in [-0.39, 0.29) is 0 Å². The molecule has 0 atom stereocenters. The van der Waals surface area contributed by atoms with Gasteiger partial charge in [0, 0.05) is 26.4 Å². The lowest BCUT2D eigenvalue weighted by Gasteiger charge is -2.26. The molecule has 0 saturated heterocycles. The molecule has 0 heterocycles. The molecule has 7 heteroatoms. The quantitative estimate of drug-likeness (QED) is 0.243. The fourth-order valence-corrected chi connectivity index (χ4v) is 3.12. The predicted molar refractivity (Wildman–Crippen MR) is 64.2 cm³/mol. The van der Waals surface area contributed by atoms with Crippen LogP contribution in [0.2, 0.25) is 0 Å². The Morgan fingerprint density at radius 2 is 1.53 bits per heavy atom. The van der Waals surface area contributed by atoms with E-state index < -0.39 is 9.05 Å². The number of carbonyl (C=O) groups excluding carboxylic acids is 1. The van der Waals surface area contributed by atoms with Gasteiger partial charge in [0.25, 0.3) is 0 Å². The van der Waals surface area contributed by atoms with Crippen molar-refractivity contribution in [1.82, 2.24) is 0 Å². The molecule has 0 radical (unpaired) electrons. The zero-order chi connectivity index (χ0) is 13.0. The van der Waals surface area contributed by atoms with Gasteiger partial charge in [0.2, 0.25) is 6.08 Å². The van der Waals surface area contributed by atoms with E-state index in [0.29, 0.717) is 39.4 Å². The van der Waals surface area contributed by atoms with Crippen molar-refractivity contribution in [2.45, 2.75) is 27.2 Å². The summed E-state index contributed by atoms with van der Waals surface area (Å²) in [5.41, 5.74) is 0. The molecule has 0 rings (SSSR count). The first kappa shape index (κ1) is 16.4. The number of rotatable bonds is 11. The van der Waals surface area contributed by atoms with Crippen LogP contribution in [0.3, 0.4) is 0 Å². The maximum absolute atomic E-state index is 9.87. The lowest BCUT2D eigenvalue weighted by atomic mass is 10.5. The Labute approximate surface area is 103 Å². The molecule has 100 valence electrons. The van der Waals surface area contributed by atoms with E-state index in [2.05, 4.69) is 4.99 Å². The maximum atomic E-state index is 9.87. The largest absolute Gasteiger partial charge is 0.679 e. The second kappa shape index (κ2) is 10.6. The summed E-state index contributed by atoms with van der Waals surface area (Å²) in [5.74, 6) is 0. The predicted octanol–water partition coefficient (Wildman–Crippen LogP) is 1.27. The molecule has 0 saturated carbocycles. The SMILES string of the molecule is CCO[Si](OCC)(OCC)OCCCN=C=O. The van der Waals surface area contributed by atoms with Crippen LogP contribution < -0.4 is 0 Å². The van der Waals surface area contributed by atoms with Crippen molar-refractivity contribution in [3.05, 3.63) is 0 Å².